The van der Waals surface area contributed by atoms with E-state index in [1.807, 2.05) is 35.2 Å². The van der Waals surface area contributed by atoms with Gasteiger partial charge in [0, 0.05) is 44.7 Å². The first-order chi connectivity index (χ1) is 16.2. The summed E-state index contributed by atoms with van der Waals surface area (Å²) in [6, 6.07) is 30.5. The molecule has 0 unspecified atom stereocenters. The number of carbonyl (C=O) groups is 2. The fourth-order valence-electron chi connectivity index (χ4n) is 4.41. The van der Waals surface area contributed by atoms with Gasteiger partial charge >= 0.3 is 0 Å². The molecule has 1 aliphatic heterocycles. The van der Waals surface area contributed by atoms with Gasteiger partial charge in [0.2, 0.25) is 5.91 Å². The third-order valence-electron chi connectivity index (χ3n) is 6.15. The summed E-state index contributed by atoms with van der Waals surface area (Å²) < 4.78 is 0. The molecule has 170 valence electrons. The number of piperazine rings is 1. The maximum Gasteiger partial charge on any atom is 0.251 e. The number of carbonyl (C=O) groups excluding carboxylic acids is 2. The maximum absolute atomic E-state index is 12.7. The van der Waals surface area contributed by atoms with Crippen LogP contribution in [0.15, 0.2) is 91.0 Å². The van der Waals surface area contributed by atoms with Crippen molar-refractivity contribution in [2.24, 2.45) is 0 Å². The molecule has 1 aliphatic rings. The van der Waals surface area contributed by atoms with Crippen LogP contribution >= 0.6 is 0 Å². The quantitative estimate of drug-likeness (QED) is 0.535. The first-order valence-electron chi connectivity index (χ1n) is 11.7. The highest BCUT2D eigenvalue weighted by atomic mass is 16.2. The van der Waals surface area contributed by atoms with E-state index in [0.717, 1.165) is 26.2 Å². The summed E-state index contributed by atoms with van der Waals surface area (Å²) in [4.78, 5) is 29.3. The van der Waals surface area contributed by atoms with E-state index in [4.69, 9.17) is 0 Å². The SMILES string of the molecule is O=C(NCCCC(=O)N1CCN(C(c2ccccc2)c2ccccc2)CC1)c1ccccc1. The van der Waals surface area contributed by atoms with E-state index >= 15 is 0 Å². The summed E-state index contributed by atoms with van der Waals surface area (Å²) in [7, 11) is 0. The summed E-state index contributed by atoms with van der Waals surface area (Å²) >= 11 is 0. The molecule has 1 fully saturated rings. The smallest absolute Gasteiger partial charge is 0.251 e. The third kappa shape index (κ3) is 6.08. The first kappa shape index (κ1) is 22.7. The number of amides is 2. The summed E-state index contributed by atoms with van der Waals surface area (Å²) in [5.41, 5.74) is 3.20. The molecule has 1 saturated heterocycles. The lowest BCUT2D eigenvalue weighted by molar-refractivity contribution is -0.133. The topological polar surface area (TPSA) is 52.7 Å². The molecule has 33 heavy (non-hydrogen) atoms. The predicted octanol–water partition coefficient (Wildman–Crippen LogP) is 4.13. The van der Waals surface area contributed by atoms with E-state index in [2.05, 4.69) is 58.7 Å². The summed E-state index contributed by atoms with van der Waals surface area (Å²) in [6.07, 6.45) is 1.10. The Hall–Kier alpha value is -3.44. The minimum Gasteiger partial charge on any atom is -0.352 e. The second kappa shape index (κ2) is 11.4. The van der Waals surface area contributed by atoms with Crippen LogP contribution in [0.4, 0.5) is 0 Å². The van der Waals surface area contributed by atoms with Gasteiger partial charge in [-0.15, -0.1) is 0 Å². The molecule has 3 aromatic rings. The zero-order chi connectivity index (χ0) is 22.9. The fraction of sp³-hybridized carbons (Fsp3) is 0.286. The standard InChI is InChI=1S/C28H31N3O2/c32-26(17-10-18-29-28(33)25-15-8-3-9-16-25)30-19-21-31(22-20-30)27(23-11-4-1-5-12-23)24-13-6-2-7-14-24/h1-9,11-16,27H,10,17-22H2,(H,29,33). The molecule has 0 aromatic heterocycles. The van der Waals surface area contributed by atoms with E-state index in [9.17, 15) is 9.59 Å². The van der Waals surface area contributed by atoms with Crippen molar-refractivity contribution >= 4 is 11.8 Å². The average molecular weight is 442 g/mol. The van der Waals surface area contributed by atoms with Gasteiger partial charge in [0.1, 0.15) is 0 Å². The number of hydrogen-bond acceptors (Lipinski definition) is 3. The molecule has 2 amide bonds. The van der Waals surface area contributed by atoms with Crippen LogP contribution < -0.4 is 5.32 Å². The molecule has 0 atom stereocenters. The summed E-state index contributed by atoms with van der Waals surface area (Å²) in [6.45, 7) is 3.64. The first-order valence-corrected chi connectivity index (χ1v) is 11.7. The molecular weight excluding hydrogens is 410 g/mol. The summed E-state index contributed by atoms with van der Waals surface area (Å²) in [5.74, 6) is 0.0733. The van der Waals surface area contributed by atoms with Gasteiger partial charge in [0.15, 0.2) is 0 Å². The van der Waals surface area contributed by atoms with Crippen molar-refractivity contribution in [1.82, 2.24) is 15.1 Å². The number of hydrogen-bond donors (Lipinski definition) is 1. The molecule has 3 aromatic carbocycles. The Morgan fingerprint density at radius 1 is 0.727 bits per heavy atom. The lowest BCUT2D eigenvalue weighted by Gasteiger charge is -2.40. The number of nitrogens with zero attached hydrogens (tertiary/aromatic N) is 2. The van der Waals surface area contributed by atoms with Gasteiger partial charge in [-0.25, -0.2) is 0 Å². The van der Waals surface area contributed by atoms with Crippen molar-refractivity contribution in [3.8, 4) is 0 Å². The second-order valence-corrected chi connectivity index (χ2v) is 8.37. The monoisotopic (exact) mass is 441 g/mol. The van der Waals surface area contributed by atoms with Gasteiger partial charge in [-0.3, -0.25) is 14.5 Å². The van der Waals surface area contributed by atoms with E-state index < -0.39 is 0 Å². The molecule has 0 saturated carbocycles. The maximum atomic E-state index is 12.7. The Morgan fingerprint density at radius 2 is 1.24 bits per heavy atom. The molecule has 0 spiro atoms. The Morgan fingerprint density at radius 3 is 1.79 bits per heavy atom. The van der Waals surface area contributed by atoms with Crippen LogP contribution in [0.1, 0.15) is 40.4 Å². The zero-order valence-corrected chi connectivity index (χ0v) is 18.9. The number of nitrogens with one attached hydrogen (secondary N) is 1. The Kier molecular flexibility index (Phi) is 7.88. The average Bonchev–Trinajstić information content (AvgIpc) is 2.89. The van der Waals surface area contributed by atoms with E-state index in [1.54, 1.807) is 12.1 Å². The van der Waals surface area contributed by atoms with Gasteiger partial charge < -0.3 is 10.2 Å². The molecule has 0 radical (unpaired) electrons. The third-order valence-corrected chi connectivity index (χ3v) is 6.15. The van der Waals surface area contributed by atoms with Gasteiger partial charge in [-0.05, 0) is 29.7 Å². The highest BCUT2D eigenvalue weighted by Crippen LogP contribution is 2.29. The molecule has 1 N–H and O–H groups in total. The van der Waals surface area contributed by atoms with Gasteiger partial charge in [-0.1, -0.05) is 78.9 Å². The van der Waals surface area contributed by atoms with Gasteiger partial charge in [-0.2, -0.15) is 0 Å². The zero-order valence-electron chi connectivity index (χ0n) is 18.9. The second-order valence-electron chi connectivity index (χ2n) is 8.37. The van der Waals surface area contributed by atoms with E-state index in [1.165, 1.54) is 11.1 Å². The van der Waals surface area contributed by atoms with Crippen LogP contribution in [-0.4, -0.2) is 54.3 Å². The van der Waals surface area contributed by atoms with Crippen molar-refractivity contribution in [3.63, 3.8) is 0 Å². The Bertz CT molecular complexity index is 977. The van der Waals surface area contributed by atoms with E-state index in [-0.39, 0.29) is 17.9 Å². The molecule has 0 aliphatic carbocycles. The highest BCUT2D eigenvalue weighted by Gasteiger charge is 2.27. The van der Waals surface area contributed by atoms with Gasteiger partial charge in [0.05, 0.1) is 6.04 Å². The van der Waals surface area contributed by atoms with Crippen LogP contribution in [0.3, 0.4) is 0 Å². The number of rotatable bonds is 8. The van der Waals surface area contributed by atoms with Crippen molar-refractivity contribution in [2.45, 2.75) is 18.9 Å². The normalized spacial score (nSPS) is 14.3. The predicted molar refractivity (Wildman–Crippen MR) is 131 cm³/mol. The van der Waals surface area contributed by atoms with Crippen LogP contribution in [0.25, 0.3) is 0 Å². The van der Waals surface area contributed by atoms with Crippen molar-refractivity contribution in [3.05, 3.63) is 108 Å². The molecule has 4 rings (SSSR count). The van der Waals surface area contributed by atoms with Crippen molar-refractivity contribution < 1.29 is 9.59 Å². The van der Waals surface area contributed by atoms with Gasteiger partial charge in [0.25, 0.3) is 5.91 Å². The lowest BCUT2D eigenvalue weighted by atomic mass is 9.96. The summed E-state index contributed by atoms with van der Waals surface area (Å²) in [5, 5.41) is 2.90. The molecular formula is C28H31N3O2. The molecule has 1 heterocycles. The Balaban J connectivity index is 1.27. The molecule has 5 heteroatoms. The number of benzene rings is 3. The van der Waals surface area contributed by atoms with Crippen LogP contribution in [0, 0.1) is 0 Å². The molecule has 5 nitrogen and oxygen atoms in total. The minimum absolute atomic E-state index is 0.0930. The van der Waals surface area contributed by atoms with Crippen molar-refractivity contribution in [2.75, 3.05) is 32.7 Å². The lowest BCUT2D eigenvalue weighted by Crippen LogP contribution is -2.49. The fourth-order valence-corrected chi connectivity index (χ4v) is 4.41. The van der Waals surface area contributed by atoms with Crippen molar-refractivity contribution in [1.29, 1.82) is 0 Å². The van der Waals surface area contributed by atoms with Crippen LogP contribution in [-0.2, 0) is 4.79 Å². The largest absolute Gasteiger partial charge is 0.352 e. The Labute approximate surface area is 196 Å². The van der Waals surface area contributed by atoms with E-state index in [0.29, 0.717) is 24.9 Å². The minimum atomic E-state index is -0.0930. The highest BCUT2D eigenvalue weighted by molar-refractivity contribution is 5.94. The molecule has 0 bridgehead atoms. The van der Waals surface area contributed by atoms with Crippen LogP contribution in [0.5, 0.6) is 0 Å². The van der Waals surface area contributed by atoms with Crippen LogP contribution in [0.2, 0.25) is 0 Å².